The van der Waals surface area contributed by atoms with Crippen LogP contribution in [0.15, 0.2) is 70.5 Å². The second kappa shape index (κ2) is 9.33. The molecule has 0 radical (unpaired) electrons. The maximum absolute atomic E-state index is 12.8. The van der Waals surface area contributed by atoms with Crippen molar-refractivity contribution in [2.45, 2.75) is 32.6 Å². The highest BCUT2D eigenvalue weighted by molar-refractivity contribution is 7.92. The number of hydrogen-bond donors (Lipinski definition) is 1. The zero-order valence-corrected chi connectivity index (χ0v) is 22.0. The summed E-state index contributed by atoms with van der Waals surface area (Å²) < 4.78 is 38.6. The van der Waals surface area contributed by atoms with Gasteiger partial charge in [-0.1, -0.05) is 17.3 Å². The predicted octanol–water partition coefficient (Wildman–Crippen LogP) is 5.99. The van der Waals surface area contributed by atoms with Gasteiger partial charge in [0.05, 0.1) is 23.2 Å². The number of rotatable bonds is 6. The van der Waals surface area contributed by atoms with Gasteiger partial charge in [-0.15, -0.1) is 0 Å². The zero-order valence-electron chi connectivity index (χ0n) is 21.2. The van der Waals surface area contributed by atoms with Gasteiger partial charge in [-0.25, -0.2) is 18.4 Å². The van der Waals surface area contributed by atoms with Crippen molar-refractivity contribution in [2.24, 2.45) is 0 Å². The van der Waals surface area contributed by atoms with Crippen LogP contribution < -0.4 is 9.46 Å². The number of methoxy groups -OCH3 is 1. The molecule has 1 N–H and O–H groups in total. The molecule has 9 heteroatoms. The van der Waals surface area contributed by atoms with Crippen molar-refractivity contribution in [2.75, 3.05) is 11.8 Å². The molecule has 0 amide bonds. The Bertz CT molecular complexity index is 1750. The standard InChI is InChI=1S/C28H26N4O4S/c1-16-10-18(3)22(11-17(16)2)23-14-26(35-5)24(12-19(23)4)28-21-7-6-20(13-25(21)29-15-30-28)37(33,34)32-27-8-9-36-31-27/h6-15H,1-5H3,(H,31,32). The van der Waals surface area contributed by atoms with Crippen molar-refractivity contribution in [3.8, 4) is 28.1 Å². The van der Waals surface area contributed by atoms with Crippen LogP contribution in [0.3, 0.4) is 0 Å². The molecule has 0 spiro atoms. The Morgan fingerprint density at radius 3 is 2.24 bits per heavy atom. The number of aromatic nitrogens is 3. The molecular weight excluding hydrogens is 488 g/mol. The van der Waals surface area contributed by atoms with Gasteiger partial charge in [0.1, 0.15) is 18.3 Å². The van der Waals surface area contributed by atoms with Crippen LogP contribution >= 0.6 is 0 Å². The Hall–Kier alpha value is -4.24. The van der Waals surface area contributed by atoms with Crippen molar-refractivity contribution in [1.29, 1.82) is 0 Å². The SMILES string of the molecule is COc1cc(-c2cc(C)c(C)cc2C)c(C)cc1-c1ncnc2cc(S(=O)(=O)Nc3ccon3)ccc12. The molecule has 0 atom stereocenters. The minimum Gasteiger partial charge on any atom is -0.496 e. The Kier molecular flexibility index (Phi) is 6.16. The van der Waals surface area contributed by atoms with Crippen molar-refractivity contribution >= 4 is 26.7 Å². The van der Waals surface area contributed by atoms with E-state index >= 15 is 0 Å². The summed E-state index contributed by atoms with van der Waals surface area (Å²) in [7, 11) is -2.24. The first-order valence-corrected chi connectivity index (χ1v) is 13.1. The average Bonchev–Trinajstić information content (AvgIpc) is 3.38. The second-order valence-electron chi connectivity index (χ2n) is 9.01. The lowest BCUT2D eigenvalue weighted by molar-refractivity contribution is 0.416. The van der Waals surface area contributed by atoms with E-state index in [1.54, 1.807) is 13.2 Å². The molecular formula is C28H26N4O4S. The van der Waals surface area contributed by atoms with E-state index in [4.69, 9.17) is 9.26 Å². The Labute approximate surface area is 215 Å². The monoisotopic (exact) mass is 514 g/mol. The molecule has 0 unspecified atom stereocenters. The number of benzene rings is 3. The number of fused-ring (bicyclic) bond motifs is 1. The first-order valence-electron chi connectivity index (χ1n) is 11.6. The number of aryl methyl sites for hydroxylation is 4. The third kappa shape index (κ3) is 4.53. The number of anilines is 1. The van der Waals surface area contributed by atoms with E-state index in [2.05, 4.69) is 65.7 Å². The lowest BCUT2D eigenvalue weighted by Gasteiger charge is -2.17. The van der Waals surface area contributed by atoms with Crippen LogP contribution in [-0.4, -0.2) is 30.7 Å². The van der Waals surface area contributed by atoms with E-state index in [1.165, 1.54) is 47.5 Å². The molecule has 0 aliphatic carbocycles. The number of hydrogen-bond acceptors (Lipinski definition) is 7. The fourth-order valence-electron chi connectivity index (χ4n) is 4.46. The van der Waals surface area contributed by atoms with Crippen LogP contribution in [0, 0.1) is 27.7 Å². The largest absolute Gasteiger partial charge is 0.496 e. The van der Waals surface area contributed by atoms with Crippen molar-refractivity contribution in [3.63, 3.8) is 0 Å². The summed E-state index contributed by atoms with van der Waals surface area (Å²) in [4.78, 5) is 8.93. The van der Waals surface area contributed by atoms with E-state index in [0.717, 1.165) is 22.3 Å². The summed E-state index contributed by atoms with van der Waals surface area (Å²) in [5.74, 6) is 0.769. The van der Waals surface area contributed by atoms with E-state index in [-0.39, 0.29) is 10.7 Å². The average molecular weight is 515 g/mol. The Morgan fingerprint density at radius 1 is 0.811 bits per heavy atom. The van der Waals surface area contributed by atoms with Crippen LogP contribution in [-0.2, 0) is 10.0 Å². The molecule has 2 aromatic heterocycles. The van der Waals surface area contributed by atoms with Crippen LogP contribution in [0.5, 0.6) is 5.75 Å². The molecule has 0 saturated heterocycles. The number of nitrogens with one attached hydrogen (secondary N) is 1. The van der Waals surface area contributed by atoms with E-state index in [9.17, 15) is 8.42 Å². The Balaban J connectivity index is 1.61. The van der Waals surface area contributed by atoms with Crippen LogP contribution in [0.1, 0.15) is 22.3 Å². The van der Waals surface area contributed by atoms with Gasteiger partial charge in [0, 0.05) is 17.0 Å². The molecule has 5 aromatic rings. The number of ether oxygens (including phenoxy) is 1. The number of nitrogens with zero attached hydrogens (tertiary/aromatic N) is 3. The minimum atomic E-state index is -3.88. The second-order valence-corrected chi connectivity index (χ2v) is 10.7. The zero-order chi connectivity index (χ0) is 26.3. The highest BCUT2D eigenvalue weighted by atomic mass is 32.2. The summed E-state index contributed by atoms with van der Waals surface area (Å²) >= 11 is 0. The summed E-state index contributed by atoms with van der Waals surface area (Å²) in [6, 6.07) is 14.7. The van der Waals surface area contributed by atoms with Crippen LogP contribution in [0.2, 0.25) is 0 Å². The smallest absolute Gasteiger partial charge is 0.263 e. The van der Waals surface area contributed by atoms with Gasteiger partial charge in [-0.2, -0.15) is 0 Å². The number of sulfonamides is 1. The van der Waals surface area contributed by atoms with Gasteiger partial charge < -0.3 is 9.26 Å². The van der Waals surface area contributed by atoms with Gasteiger partial charge in [0.15, 0.2) is 5.82 Å². The summed E-state index contributed by atoms with van der Waals surface area (Å²) in [6.07, 6.45) is 2.72. The van der Waals surface area contributed by atoms with Crippen molar-refractivity contribution < 1.29 is 17.7 Å². The fraction of sp³-hybridized carbons (Fsp3) is 0.179. The molecule has 0 saturated carbocycles. The minimum absolute atomic E-state index is 0.0522. The van der Waals surface area contributed by atoms with Gasteiger partial charge >= 0.3 is 0 Å². The summed E-state index contributed by atoms with van der Waals surface area (Å²) in [5, 5.41) is 4.31. The van der Waals surface area contributed by atoms with Crippen LogP contribution in [0.25, 0.3) is 33.3 Å². The third-order valence-electron chi connectivity index (χ3n) is 6.53. The normalized spacial score (nSPS) is 11.6. The van der Waals surface area contributed by atoms with Gasteiger partial charge in [-0.3, -0.25) is 4.72 Å². The lowest BCUT2D eigenvalue weighted by Crippen LogP contribution is -2.13. The highest BCUT2D eigenvalue weighted by Crippen LogP contribution is 2.39. The highest BCUT2D eigenvalue weighted by Gasteiger charge is 2.20. The summed E-state index contributed by atoms with van der Waals surface area (Å²) in [6.45, 7) is 8.41. The molecule has 0 aliphatic heterocycles. The molecule has 0 aliphatic rings. The maximum Gasteiger partial charge on any atom is 0.263 e. The van der Waals surface area contributed by atoms with Crippen molar-refractivity contribution in [3.05, 3.63) is 83.4 Å². The van der Waals surface area contributed by atoms with E-state index in [1.807, 2.05) is 6.07 Å². The predicted molar refractivity (Wildman–Crippen MR) is 143 cm³/mol. The Morgan fingerprint density at radius 2 is 1.51 bits per heavy atom. The molecule has 0 fully saturated rings. The maximum atomic E-state index is 12.8. The van der Waals surface area contributed by atoms with E-state index < -0.39 is 10.0 Å². The fourth-order valence-corrected chi connectivity index (χ4v) is 5.48. The molecule has 37 heavy (non-hydrogen) atoms. The quantitative estimate of drug-likeness (QED) is 0.296. The first-order chi connectivity index (χ1) is 17.7. The van der Waals surface area contributed by atoms with Gasteiger partial charge in [0.25, 0.3) is 10.0 Å². The van der Waals surface area contributed by atoms with Gasteiger partial charge in [-0.05, 0) is 91.4 Å². The molecule has 2 heterocycles. The molecule has 5 rings (SSSR count). The molecule has 0 bridgehead atoms. The summed E-state index contributed by atoms with van der Waals surface area (Å²) in [5.41, 5.74) is 8.95. The first kappa shape index (κ1) is 24.5. The van der Waals surface area contributed by atoms with Crippen molar-refractivity contribution in [1.82, 2.24) is 15.1 Å². The van der Waals surface area contributed by atoms with Crippen LogP contribution in [0.4, 0.5) is 5.82 Å². The molecule has 188 valence electrons. The van der Waals surface area contributed by atoms with E-state index in [0.29, 0.717) is 22.3 Å². The lowest BCUT2D eigenvalue weighted by atomic mass is 9.91. The van der Waals surface area contributed by atoms with Gasteiger partial charge in [0.2, 0.25) is 0 Å². The topological polar surface area (TPSA) is 107 Å². The molecule has 3 aromatic carbocycles. The molecule has 8 nitrogen and oxygen atoms in total. The third-order valence-corrected chi connectivity index (χ3v) is 7.88.